The van der Waals surface area contributed by atoms with E-state index < -0.39 is 5.97 Å². The van der Waals surface area contributed by atoms with E-state index >= 15 is 0 Å². The molecule has 0 radical (unpaired) electrons. The lowest BCUT2D eigenvalue weighted by molar-refractivity contribution is -0.117. The van der Waals surface area contributed by atoms with Crippen molar-refractivity contribution < 1.29 is 14.3 Å². The highest BCUT2D eigenvalue weighted by Gasteiger charge is 2.30. The Morgan fingerprint density at radius 1 is 1.58 bits per heavy atom. The summed E-state index contributed by atoms with van der Waals surface area (Å²) in [5.74, 6) is -0.385. The third-order valence-electron chi connectivity index (χ3n) is 2.91. The summed E-state index contributed by atoms with van der Waals surface area (Å²) in [5, 5.41) is 0. The number of anilines is 2. The molecule has 0 aromatic heterocycles. The van der Waals surface area contributed by atoms with Crippen LogP contribution in [0.4, 0.5) is 11.4 Å². The van der Waals surface area contributed by atoms with Crippen molar-refractivity contribution in [1.29, 1.82) is 0 Å². The van der Waals surface area contributed by atoms with Crippen LogP contribution in [0.5, 0.6) is 0 Å². The molecule has 1 atom stereocenters. The molecule has 1 aromatic rings. The third kappa shape index (κ3) is 2.89. The van der Waals surface area contributed by atoms with Crippen molar-refractivity contribution in [3.8, 4) is 0 Å². The van der Waals surface area contributed by atoms with Crippen LogP contribution in [0.25, 0.3) is 0 Å². The minimum atomic E-state index is -0.410. The van der Waals surface area contributed by atoms with Gasteiger partial charge in [0.15, 0.2) is 0 Å². The second-order valence-electron chi connectivity index (χ2n) is 4.30. The number of nitrogens with two attached hydrogens (primary N) is 1. The van der Waals surface area contributed by atoms with Crippen LogP contribution in [0.3, 0.4) is 0 Å². The second kappa shape index (κ2) is 5.61. The lowest BCUT2D eigenvalue weighted by atomic mass is 10.1. The van der Waals surface area contributed by atoms with E-state index in [4.69, 9.17) is 10.5 Å². The highest BCUT2D eigenvalue weighted by Crippen LogP contribution is 2.30. The number of esters is 1. The lowest BCUT2D eigenvalue weighted by Crippen LogP contribution is -2.25. The topological polar surface area (TPSA) is 72.6 Å². The van der Waals surface area contributed by atoms with Gasteiger partial charge in [0.05, 0.1) is 23.5 Å². The van der Waals surface area contributed by atoms with E-state index in [1.807, 2.05) is 0 Å². The van der Waals surface area contributed by atoms with Gasteiger partial charge >= 0.3 is 5.97 Å². The molecule has 0 saturated carbocycles. The Morgan fingerprint density at radius 2 is 2.32 bits per heavy atom. The number of halogens is 1. The van der Waals surface area contributed by atoms with Gasteiger partial charge in [-0.2, -0.15) is 0 Å². The zero-order valence-corrected chi connectivity index (χ0v) is 12.1. The molecule has 1 aliphatic heterocycles. The molecule has 1 saturated heterocycles. The Bertz CT molecular complexity index is 519. The van der Waals surface area contributed by atoms with Crippen molar-refractivity contribution in [2.24, 2.45) is 0 Å². The van der Waals surface area contributed by atoms with Gasteiger partial charge in [-0.1, -0.05) is 15.9 Å². The molecule has 5 nitrogen and oxygen atoms in total. The fourth-order valence-corrected chi connectivity index (χ4v) is 2.61. The average Bonchev–Trinajstić information content (AvgIpc) is 2.68. The van der Waals surface area contributed by atoms with E-state index in [-0.39, 0.29) is 10.7 Å². The summed E-state index contributed by atoms with van der Waals surface area (Å²) in [6.07, 6.45) is 0.457. The smallest absolute Gasteiger partial charge is 0.338 e. The molecule has 102 valence electrons. The first-order valence-corrected chi connectivity index (χ1v) is 6.95. The number of carbonyl (C=O) groups excluding carboxylic acids is 2. The van der Waals surface area contributed by atoms with Crippen LogP contribution in [-0.2, 0) is 9.53 Å². The van der Waals surface area contributed by atoms with Crippen LogP contribution < -0.4 is 10.6 Å². The van der Waals surface area contributed by atoms with Gasteiger partial charge in [0.1, 0.15) is 0 Å². The van der Waals surface area contributed by atoms with Crippen LogP contribution >= 0.6 is 15.9 Å². The fourth-order valence-electron chi connectivity index (χ4n) is 2.04. The van der Waals surface area contributed by atoms with Crippen molar-refractivity contribution in [3.05, 3.63) is 23.8 Å². The number of benzene rings is 1. The quantitative estimate of drug-likeness (QED) is 0.523. The Kier molecular flexibility index (Phi) is 4.09. The summed E-state index contributed by atoms with van der Waals surface area (Å²) in [5.41, 5.74) is 7.36. The molecule has 0 aliphatic carbocycles. The molecule has 0 bridgehead atoms. The highest BCUT2D eigenvalue weighted by molar-refractivity contribution is 9.09. The summed E-state index contributed by atoms with van der Waals surface area (Å²) in [6, 6.07) is 4.85. The van der Waals surface area contributed by atoms with E-state index in [2.05, 4.69) is 15.9 Å². The molecule has 1 unspecified atom stereocenters. The molecule has 2 rings (SSSR count). The number of nitrogen functional groups attached to an aromatic ring is 1. The Hall–Kier alpha value is -1.56. The van der Waals surface area contributed by atoms with Gasteiger partial charge in [0.25, 0.3) is 0 Å². The van der Waals surface area contributed by atoms with E-state index in [1.165, 1.54) is 0 Å². The van der Waals surface area contributed by atoms with Gasteiger partial charge in [0, 0.05) is 17.8 Å². The summed E-state index contributed by atoms with van der Waals surface area (Å²) in [7, 11) is 0. The number of hydrogen-bond acceptors (Lipinski definition) is 4. The van der Waals surface area contributed by atoms with Gasteiger partial charge in [-0.25, -0.2) is 4.79 Å². The number of amides is 1. The van der Waals surface area contributed by atoms with Crippen LogP contribution in [0.1, 0.15) is 23.7 Å². The van der Waals surface area contributed by atoms with E-state index in [0.29, 0.717) is 36.5 Å². The van der Waals surface area contributed by atoms with Gasteiger partial charge in [-0.05, 0) is 25.1 Å². The predicted molar refractivity (Wildman–Crippen MR) is 76.5 cm³/mol. The first-order chi connectivity index (χ1) is 9.02. The minimum Gasteiger partial charge on any atom is -0.462 e. The molecule has 1 amide bonds. The monoisotopic (exact) mass is 326 g/mol. The van der Waals surface area contributed by atoms with Crippen molar-refractivity contribution in [1.82, 2.24) is 0 Å². The highest BCUT2D eigenvalue weighted by atomic mass is 79.9. The second-order valence-corrected chi connectivity index (χ2v) is 5.59. The molecule has 0 spiro atoms. The average molecular weight is 327 g/mol. The standard InChI is InChI=1S/C13H15BrN2O3/c1-2-19-13(18)8-3-4-11(10(15)5-8)16-7-9(14)6-12(16)17/h3-5,9H,2,6-7,15H2,1H3. The summed E-state index contributed by atoms with van der Waals surface area (Å²) in [4.78, 5) is 25.2. The fraction of sp³-hybridized carbons (Fsp3) is 0.385. The zero-order valence-electron chi connectivity index (χ0n) is 10.6. The minimum absolute atomic E-state index is 0.0254. The van der Waals surface area contributed by atoms with Crippen molar-refractivity contribution >= 4 is 39.2 Å². The maximum Gasteiger partial charge on any atom is 0.338 e. The zero-order chi connectivity index (χ0) is 14.0. The number of nitrogens with zero attached hydrogens (tertiary/aromatic N) is 1. The summed E-state index contributed by atoms with van der Waals surface area (Å²) >= 11 is 3.42. The molecule has 1 aliphatic rings. The van der Waals surface area contributed by atoms with Crippen LogP contribution in [0.2, 0.25) is 0 Å². The van der Waals surface area contributed by atoms with Gasteiger partial charge in [-0.3, -0.25) is 4.79 Å². The van der Waals surface area contributed by atoms with Gasteiger partial charge < -0.3 is 15.4 Å². The first kappa shape index (κ1) is 13.9. The molecular weight excluding hydrogens is 312 g/mol. The third-order valence-corrected chi connectivity index (χ3v) is 3.52. The number of rotatable bonds is 3. The maximum absolute atomic E-state index is 11.8. The maximum atomic E-state index is 11.8. The number of carbonyl (C=O) groups is 2. The lowest BCUT2D eigenvalue weighted by Gasteiger charge is -2.18. The molecular formula is C13H15BrN2O3. The molecule has 6 heteroatoms. The largest absolute Gasteiger partial charge is 0.462 e. The Balaban J connectivity index is 2.25. The van der Waals surface area contributed by atoms with Crippen molar-refractivity contribution in [2.45, 2.75) is 18.2 Å². The number of alkyl halides is 1. The van der Waals surface area contributed by atoms with E-state index in [0.717, 1.165) is 0 Å². The summed E-state index contributed by atoms with van der Waals surface area (Å²) in [6.45, 7) is 2.65. The summed E-state index contributed by atoms with van der Waals surface area (Å²) < 4.78 is 4.90. The normalized spacial score (nSPS) is 18.7. The number of ether oxygens (including phenoxy) is 1. The first-order valence-electron chi connectivity index (χ1n) is 6.04. The van der Waals surface area contributed by atoms with Crippen LogP contribution in [-0.4, -0.2) is 29.9 Å². The molecule has 19 heavy (non-hydrogen) atoms. The number of hydrogen-bond donors (Lipinski definition) is 1. The van der Waals surface area contributed by atoms with Crippen LogP contribution in [0, 0.1) is 0 Å². The molecule has 1 heterocycles. The molecule has 2 N–H and O–H groups in total. The SMILES string of the molecule is CCOC(=O)c1ccc(N2CC(Br)CC2=O)c(N)c1. The van der Waals surface area contributed by atoms with Gasteiger partial charge in [-0.15, -0.1) is 0 Å². The van der Waals surface area contributed by atoms with E-state index in [9.17, 15) is 9.59 Å². The Morgan fingerprint density at radius 3 is 2.84 bits per heavy atom. The molecule has 1 fully saturated rings. The predicted octanol–water partition coefficient (Wildman–Crippen LogP) is 1.95. The van der Waals surface area contributed by atoms with Crippen molar-refractivity contribution in [2.75, 3.05) is 23.8 Å². The molecule has 1 aromatic carbocycles. The Labute approximate surface area is 119 Å². The van der Waals surface area contributed by atoms with Crippen molar-refractivity contribution in [3.63, 3.8) is 0 Å². The van der Waals surface area contributed by atoms with E-state index in [1.54, 1.807) is 30.0 Å². The van der Waals surface area contributed by atoms with Gasteiger partial charge in [0.2, 0.25) is 5.91 Å². The van der Waals surface area contributed by atoms with Crippen LogP contribution in [0.15, 0.2) is 18.2 Å².